The number of benzene rings is 1. The molecule has 0 saturated heterocycles. The Hall–Kier alpha value is -2.50. The van der Waals surface area contributed by atoms with E-state index in [1.807, 2.05) is 36.7 Å². The third kappa shape index (κ3) is 2.65. The Morgan fingerprint density at radius 3 is 2.96 bits per heavy atom. The molecule has 3 N–H and O–H groups in total. The molecule has 0 unspecified atom stereocenters. The van der Waals surface area contributed by atoms with Gasteiger partial charge in [-0.05, 0) is 23.3 Å². The molecule has 1 aliphatic carbocycles. The van der Waals surface area contributed by atoms with Crippen LogP contribution in [0.5, 0.6) is 0 Å². The van der Waals surface area contributed by atoms with E-state index >= 15 is 0 Å². The van der Waals surface area contributed by atoms with E-state index in [0.29, 0.717) is 13.0 Å². The molecule has 2 heterocycles. The van der Waals surface area contributed by atoms with Crippen molar-refractivity contribution < 1.29 is 5.11 Å². The topological polar surface area (TPSA) is 73.8 Å². The molecule has 0 fully saturated rings. The maximum Gasteiger partial charge on any atom is 0.0775 e. The van der Waals surface area contributed by atoms with Gasteiger partial charge in [-0.1, -0.05) is 24.3 Å². The molecule has 116 valence electrons. The fourth-order valence-electron chi connectivity index (χ4n) is 3.25. The second-order valence-corrected chi connectivity index (χ2v) is 5.84. The summed E-state index contributed by atoms with van der Waals surface area (Å²) in [5.41, 5.74) is 5.44. The Morgan fingerprint density at radius 1 is 1.17 bits per heavy atom. The van der Waals surface area contributed by atoms with Crippen LogP contribution in [0.4, 0.5) is 0 Å². The first-order valence-corrected chi connectivity index (χ1v) is 7.75. The average molecular weight is 306 g/mol. The highest BCUT2D eigenvalue weighted by Gasteiger charge is 2.30. The molecular formula is C18H18N4O. The maximum absolute atomic E-state index is 10.3. The quantitative estimate of drug-likeness (QED) is 0.691. The number of aromatic amines is 1. The van der Waals surface area contributed by atoms with Crippen LogP contribution in [0.3, 0.4) is 0 Å². The van der Waals surface area contributed by atoms with E-state index < -0.39 is 0 Å². The number of rotatable bonds is 4. The second-order valence-electron chi connectivity index (χ2n) is 5.84. The van der Waals surface area contributed by atoms with Crippen LogP contribution in [-0.4, -0.2) is 26.4 Å². The molecule has 2 aromatic heterocycles. The van der Waals surface area contributed by atoms with E-state index in [4.69, 9.17) is 0 Å². The number of aromatic nitrogens is 3. The minimum absolute atomic E-state index is 0.0390. The lowest BCUT2D eigenvalue weighted by Crippen LogP contribution is -2.28. The van der Waals surface area contributed by atoms with E-state index in [2.05, 4.69) is 32.6 Å². The molecule has 0 bridgehead atoms. The summed E-state index contributed by atoms with van der Waals surface area (Å²) in [6.45, 7) is 0.636. The minimum Gasteiger partial charge on any atom is -0.391 e. The molecule has 0 radical (unpaired) electrons. The smallest absolute Gasteiger partial charge is 0.0775 e. The molecule has 5 heteroatoms. The standard InChI is InChI=1S/C18H18N4O/c23-16-8-12-4-1-2-6-15(12)18(16)20-10-14-11-21-22-17(14)13-5-3-7-19-9-13/h1-7,9,11,16,18,20,23H,8,10H2,(H,21,22)/t16-,18+/m0/s1. The summed E-state index contributed by atoms with van der Waals surface area (Å²) < 4.78 is 0. The van der Waals surface area contributed by atoms with Gasteiger partial charge < -0.3 is 10.4 Å². The summed E-state index contributed by atoms with van der Waals surface area (Å²) in [5.74, 6) is 0. The molecular weight excluding hydrogens is 288 g/mol. The highest BCUT2D eigenvalue weighted by atomic mass is 16.3. The third-order valence-corrected chi connectivity index (χ3v) is 4.38. The highest BCUT2D eigenvalue weighted by Crippen LogP contribution is 2.31. The number of nitrogens with zero attached hydrogens (tertiary/aromatic N) is 2. The molecule has 4 rings (SSSR count). The van der Waals surface area contributed by atoms with Crippen LogP contribution < -0.4 is 5.32 Å². The van der Waals surface area contributed by atoms with Crippen molar-refractivity contribution in [2.45, 2.75) is 25.1 Å². The zero-order valence-electron chi connectivity index (χ0n) is 12.6. The number of aliphatic hydroxyl groups is 1. The van der Waals surface area contributed by atoms with E-state index in [9.17, 15) is 5.11 Å². The van der Waals surface area contributed by atoms with Gasteiger partial charge in [0.15, 0.2) is 0 Å². The van der Waals surface area contributed by atoms with Crippen molar-refractivity contribution in [1.82, 2.24) is 20.5 Å². The lowest BCUT2D eigenvalue weighted by atomic mass is 10.1. The Balaban J connectivity index is 1.54. The van der Waals surface area contributed by atoms with Gasteiger partial charge in [-0.3, -0.25) is 10.1 Å². The van der Waals surface area contributed by atoms with Crippen LogP contribution in [0.25, 0.3) is 11.3 Å². The Morgan fingerprint density at radius 2 is 2.09 bits per heavy atom. The van der Waals surface area contributed by atoms with Crippen molar-refractivity contribution in [2.75, 3.05) is 0 Å². The summed E-state index contributed by atoms with van der Waals surface area (Å²) in [5, 5.41) is 21.0. The van der Waals surface area contributed by atoms with E-state index in [0.717, 1.165) is 16.8 Å². The summed E-state index contributed by atoms with van der Waals surface area (Å²) >= 11 is 0. The predicted octanol–water partition coefficient (Wildman–Crippen LogP) is 2.22. The zero-order valence-corrected chi connectivity index (χ0v) is 12.6. The summed E-state index contributed by atoms with van der Waals surface area (Å²) in [4.78, 5) is 4.15. The number of hydrogen-bond acceptors (Lipinski definition) is 4. The maximum atomic E-state index is 10.3. The van der Waals surface area contributed by atoms with Crippen molar-refractivity contribution >= 4 is 0 Å². The minimum atomic E-state index is -0.388. The SMILES string of the molecule is O[C@H]1Cc2ccccc2[C@H]1NCc1cn[nH]c1-c1cccnc1. The van der Waals surface area contributed by atoms with Crippen molar-refractivity contribution in [3.8, 4) is 11.3 Å². The molecule has 2 atom stereocenters. The molecule has 0 aliphatic heterocycles. The number of hydrogen-bond donors (Lipinski definition) is 3. The van der Waals surface area contributed by atoms with Gasteiger partial charge >= 0.3 is 0 Å². The molecule has 1 aliphatic rings. The van der Waals surface area contributed by atoms with Gasteiger partial charge in [0.05, 0.1) is 24.0 Å². The van der Waals surface area contributed by atoms with Crippen molar-refractivity contribution in [2.24, 2.45) is 0 Å². The van der Waals surface area contributed by atoms with E-state index in [1.54, 1.807) is 6.20 Å². The van der Waals surface area contributed by atoms with E-state index in [-0.39, 0.29) is 12.1 Å². The molecule has 1 aromatic carbocycles. The Kier molecular flexibility index (Phi) is 3.65. The summed E-state index contributed by atoms with van der Waals surface area (Å²) in [7, 11) is 0. The van der Waals surface area contributed by atoms with Gasteiger partial charge in [-0.25, -0.2) is 0 Å². The highest BCUT2D eigenvalue weighted by molar-refractivity contribution is 5.61. The predicted molar refractivity (Wildman–Crippen MR) is 87.6 cm³/mol. The van der Waals surface area contributed by atoms with Crippen molar-refractivity contribution in [3.05, 3.63) is 71.7 Å². The van der Waals surface area contributed by atoms with Gasteiger partial charge in [0.2, 0.25) is 0 Å². The van der Waals surface area contributed by atoms with Gasteiger partial charge in [0, 0.05) is 36.5 Å². The van der Waals surface area contributed by atoms with Crippen LogP contribution in [-0.2, 0) is 13.0 Å². The van der Waals surface area contributed by atoms with Crippen LogP contribution >= 0.6 is 0 Å². The summed E-state index contributed by atoms with van der Waals surface area (Å²) in [6, 6.07) is 12.1. The number of pyridine rings is 1. The van der Waals surface area contributed by atoms with Gasteiger partial charge in [-0.15, -0.1) is 0 Å². The molecule has 0 saturated carbocycles. The first-order chi connectivity index (χ1) is 11.3. The molecule has 0 spiro atoms. The fourth-order valence-corrected chi connectivity index (χ4v) is 3.25. The zero-order chi connectivity index (χ0) is 15.6. The summed E-state index contributed by atoms with van der Waals surface area (Å²) in [6.07, 6.45) is 5.71. The number of nitrogens with one attached hydrogen (secondary N) is 2. The molecule has 0 amide bonds. The lowest BCUT2D eigenvalue weighted by Gasteiger charge is -2.18. The number of H-pyrrole nitrogens is 1. The fraction of sp³-hybridized carbons (Fsp3) is 0.222. The van der Waals surface area contributed by atoms with Gasteiger partial charge in [-0.2, -0.15) is 5.10 Å². The van der Waals surface area contributed by atoms with Crippen molar-refractivity contribution in [1.29, 1.82) is 0 Å². The van der Waals surface area contributed by atoms with Crippen LogP contribution in [0.1, 0.15) is 22.7 Å². The lowest BCUT2D eigenvalue weighted by molar-refractivity contribution is 0.140. The van der Waals surface area contributed by atoms with Gasteiger partial charge in [0.1, 0.15) is 0 Å². The second kappa shape index (κ2) is 5.95. The van der Waals surface area contributed by atoms with Crippen LogP contribution in [0.15, 0.2) is 55.0 Å². The molecule has 3 aromatic rings. The normalized spacial score (nSPS) is 19.7. The third-order valence-electron chi connectivity index (χ3n) is 4.38. The molecule has 5 nitrogen and oxygen atoms in total. The van der Waals surface area contributed by atoms with E-state index in [1.165, 1.54) is 11.1 Å². The average Bonchev–Trinajstić information content (AvgIpc) is 3.17. The first kappa shape index (κ1) is 14.1. The van der Waals surface area contributed by atoms with Crippen molar-refractivity contribution in [3.63, 3.8) is 0 Å². The Labute approximate surface area is 134 Å². The monoisotopic (exact) mass is 306 g/mol. The van der Waals surface area contributed by atoms with Crippen LogP contribution in [0, 0.1) is 0 Å². The molecule has 23 heavy (non-hydrogen) atoms. The largest absolute Gasteiger partial charge is 0.391 e. The number of aliphatic hydroxyl groups excluding tert-OH is 1. The van der Waals surface area contributed by atoms with Crippen LogP contribution in [0.2, 0.25) is 0 Å². The first-order valence-electron chi connectivity index (χ1n) is 7.75. The number of fused-ring (bicyclic) bond motifs is 1. The van der Waals surface area contributed by atoms with Gasteiger partial charge in [0.25, 0.3) is 0 Å². The Bertz CT molecular complexity index is 800.